The highest BCUT2D eigenvalue weighted by atomic mass is 35.7. The van der Waals surface area contributed by atoms with Gasteiger partial charge in [0.1, 0.15) is 11.6 Å². The maximum absolute atomic E-state index is 13.3. The molecule has 0 bridgehead atoms. The maximum Gasteiger partial charge on any atom is 0.261 e. The van der Waals surface area contributed by atoms with Crippen LogP contribution < -0.4 is 0 Å². The SMILES string of the molecule is O=S(=O)(Cl)c1cc(F)cc(-c2cccc(F)c2)c1. The van der Waals surface area contributed by atoms with Gasteiger partial charge in [0.05, 0.1) is 4.90 Å². The van der Waals surface area contributed by atoms with E-state index >= 15 is 0 Å². The fourth-order valence-corrected chi connectivity index (χ4v) is 2.33. The minimum absolute atomic E-state index is 0.244. The van der Waals surface area contributed by atoms with E-state index in [0.717, 1.165) is 12.1 Å². The summed E-state index contributed by atoms with van der Waals surface area (Å²) >= 11 is 0. The van der Waals surface area contributed by atoms with E-state index in [1.54, 1.807) is 6.07 Å². The predicted molar refractivity (Wildman–Crippen MR) is 64.8 cm³/mol. The molecule has 0 saturated carbocycles. The number of hydrogen-bond acceptors (Lipinski definition) is 2. The van der Waals surface area contributed by atoms with Gasteiger partial charge in [-0.3, -0.25) is 0 Å². The molecule has 0 aliphatic carbocycles. The Morgan fingerprint density at radius 2 is 1.56 bits per heavy atom. The molecule has 0 N–H and O–H groups in total. The topological polar surface area (TPSA) is 34.1 Å². The summed E-state index contributed by atoms with van der Waals surface area (Å²) in [6, 6.07) is 8.53. The Labute approximate surface area is 107 Å². The lowest BCUT2D eigenvalue weighted by Crippen LogP contribution is -1.93. The van der Waals surface area contributed by atoms with E-state index in [1.807, 2.05) is 0 Å². The van der Waals surface area contributed by atoms with E-state index in [4.69, 9.17) is 10.7 Å². The molecule has 0 amide bonds. The van der Waals surface area contributed by atoms with Crippen LogP contribution in [-0.4, -0.2) is 8.42 Å². The Kier molecular flexibility index (Phi) is 3.36. The fraction of sp³-hybridized carbons (Fsp3) is 0. The molecular weight excluding hydrogens is 282 g/mol. The van der Waals surface area contributed by atoms with Crippen LogP contribution in [0.2, 0.25) is 0 Å². The van der Waals surface area contributed by atoms with E-state index in [1.165, 1.54) is 24.3 Å². The van der Waals surface area contributed by atoms with Crippen molar-refractivity contribution in [2.75, 3.05) is 0 Å². The highest BCUT2D eigenvalue weighted by molar-refractivity contribution is 8.13. The molecule has 2 aromatic carbocycles. The van der Waals surface area contributed by atoms with Crippen LogP contribution in [-0.2, 0) is 9.05 Å². The molecule has 0 aliphatic rings. The Morgan fingerprint density at radius 3 is 2.17 bits per heavy atom. The van der Waals surface area contributed by atoms with Gasteiger partial charge in [-0.1, -0.05) is 12.1 Å². The van der Waals surface area contributed by atoms with Crippen molar-refractivity contribution in [1.82, 2.24) is 0 Å². The molecule has 0 fully saturated rings. The van der Waals surface area contributed by atoms with E-state index in [-0.39, 0.29) is 10.5 Å². The second-order valence-electron chi connectivity index (χ2n) is 3.62. The minimum atomic E-state index is -4.03. The van der Waals surface area contributed by atoms with Gasteiger partial charge >= 0.3 is 0 Å². The molecule has 94 valence electrons. The van der Waals surface area contributed by atoms with Gasteiger partial charge in [-0.25, -0.2) is 17.2 Å². The summed E-state index contributed by atoms with van der Waals surface area (Å²) in [5.74, 6) is -1.25. The normalized spacial score (nSPS) is 11.5. The smallest absolute Gasteiger partial charge is 0.207 e. The lowest BCUT2D eigenvalue weighted by molar-refractivity contribution is 0.602. The van der Waals surface area contributed by atoms with E-state index in [2.05, 4.69) is 0 Å². The van der Waals surface area contributed by atoms with Crippen LogP contribution in [0.15, 0.2) is 47.4 Å². The summed E-state index contributed by atoms with van der Waals surface area (Å²) in [6.45, 7) is 0. The van der Waals surface area contributed by atoms with Crippen LogP contribution in [0.5, 0.6) is 0 Å². The van der Waals surface area contributed by atoms with Crippen molar-refractivity contribution in [2.24, 2.45) is 0 Å². The number of hydrogen-bond donors (Lipinski definition) is 0. The second-order valence-corrected chi connectivity index (χ2v) is 6.19. The Morgan fingerprint density at radius 1 is 0.889 bits per heavy atom. The van der Waals surface area contributed by atoms with Gasteiger partial charge in [0, 0.05) is 10.7 Å². The van der Waals surface area contributed by atoms with Crippen molar-refractivity contribution < 1.29 is 17.2 Å². The molecule has 2 nitrogen and oxygen atoms in total. The third-order valence-electron chi connectivity index (χ3n) is 2.31. The molecule has 0 saturated heterocycles. The largest absolute Gasteiger partial charge is 0.261 e. The molecule has 0 spiro atoms. The first-order valence-electron chi connectivity index (χ1n) is 4.87. The maximum atomic E-state index is 13.3. The van der Waals surface area contributed by atoms with Gasteiger partial charge in [-0.05, 0) is 41.5 Å². The standard InChI is InChI=1S/C12H7ClF2O2S/c13-18(16,17)12-6-9(5-11(15)7-12)8-2-1-3-10(14)4-8/h1-7H. The van der Waals surface area contributed by atoms with Crippen LogP contribution >= 0.6 is 10.7 Å². The zero-order valence-corrected chi connectivity index (χ0v) is 10.5. The minimum Gasteiger partial charge on any atom is -0.207 e. The van der Waals surface area contributed by atoms with E-state index < -0.39 is 20.7 Å². The molecule has 0 aliphatic heterocycles. The third kappa shape index (κ3) is 2.86. The molecule has 0 heterocycles. The van der Waals surface area contributed by atoms with Gasteiger partial charge < -0.3 is 0 Å². The van der Waals surface area contributed by atoms with Crippen molar-refractivity contribution in [1.29, 1.82) is 0 Å². The quantitative estimate of drug-likeness (QED) is 0.792. The van der Waals surface area contributed by atoms with Gasteiger partial charge in [-0.15, -0.1) is 0 Å². The summed E-state index contributed by atoms with van der Waals surface area (Å²) in [6.07, 6.45) is 0. The highest BCUT2D eigenvalue weighted by Gasteiger charge is 2.13. The number of benzene rings is 2. The number of halogens is 3. The summed E-state index contributed by atoms with van der Waals surface area (Å²) in [5, 5.41) is 0. The van der Waals surface area contributed by atoms with E-state index in [0.29, 0.717) is 5.56 Å². The molecular formula is C12H7ClF2O2S. The predicted octanol–water partition coefficient (Wildman–Crippen LogP) is 3.56. The Bertz CT molecular complexity index is 699. The molecule has 0 atom stereocenters. The van der Waals surface area contributed by atoms with Crippen molar-refractivity contribution >= 4 is 19.7 Å². The molecule has 6 heteroatoms. The highest BCUT2D eigenvalue weighted by Crippen LogP contribution is 2.26. The second kappa shape index (κ2) is 4.66. The zero-order chi connectivity index (χ0) is 13.3. The molecule has 2 rings (SSSR count). The molecule has 0 unspecified atom stereocenters. The van der Waals surface area contributed by atoms with Crippen LogP contribution in [0, 0.1) is 11.6 Å². The van der Waals surface area contributed by atoms with Gasteiger partial charge in [0.2, 0.25) is 0 Å². The summed E-state index contributed by atoms with van der Waals surface area (Å²) in [7, 11) is 1.13. The lowest BCUT2D eigenvalue weighted by atomic mass is 10.1. The monoisotopic (exact) mass is 288 g/mol. The first-order chi connectivity index (χ1) is 8.36. The van der Waals surface area contributed by atoms with Crippen LogP contribution in [0.3, 0.4) is 0 Å². The zero-order valence-electron chi connectivity index (χ0n) is 8.90. The first kappa shape index (κ1) is 13.0. The summed E-state index contributed by atoms with van der Waals surface area (Å²) in [4.78, 5) is -0.358. The molecule has 0 aromatic heterocycles. The molecule has 0 radical (unpaired) electrons. The summed E-state index contributed by atoms with van der Waals surface area (Å²) in [5.41, 5.74) is 0.616. The van der Waals surface area contributed by atoms with Crippen molar-refractivity contribution in [3.8, 4) is 11.1 Å². The van der Waals surface area contributed by atoms with Crippen LogP contribution in [0.25, 0.3) is 11.1 Å². The van der Waals surface area contributed by atoms with E-state index in [9.17, 15) is 17.2 Å². The third-order valence-corrected chi connectivity index (χ3v) is 3.64. The summed E-state index contributed by atoms with van der Waals surface area (Å²) < 4.78 is 48.7. The van der Waals surface area contributed by atoms with Crippen molar-refractivity contribution in [3.63, 3.8) is 0 Å². The Hall–Kier alpha value is -1.46. The first-order valence-corrected chi connectivity index (χ1v) is 7.18. The van der Waals surface area contributed by atoms with Gasteiger partial charge in [0.15, 0.2) is 0 Å². The van der Waals surface area contributed by atoms with Crippen LogP contribution in [0.4, 0.5) is 8.78 Å². The number of rotatable bonds is 2. The Balaban J connectivity index is 2.63. The fourth-order valence-electron chi connectivity index (χ4n) is 1.54. The van der Waals surface area contributed by atoms with Gasteiger partial charge in [0.25, 0.3) is 9.05 Å². The average Bonchev–Trinajstić information content (AvgIpc) is 2.27. The molecule has 18 heavy (non-hydrogen) atoms. The van der Waals surface area contributed by atoms with Crippen molar-refractivity contribution in [2.45, 2.75) is 4.90 Å². The average molecular weight is 289 g/mol. The lowest BCUT2D eigenvalue weighted by Gasteiger charge is -2.04. The molecule has 2 aromatic rings. The van der Waals surface area contributed by atoms with Crippen molar-refractivity contribution in [3.05, 3.63) is 54.1 Å². The van der Waals surface area contributed by atoms with Crippen LogP contribution in [0.1, 0.15) is 0 Å². The van der Waals surface area contributed by atoms with Gasteiger partial charge in [-0.2, -0.15) is 0 Å².